The highest BCUT2D eigenvalue weighted by Gasteiger charge is 2.24. The number of amides is 2. The summed E-state index contributed by atoms with van der Waals surface area (Å²) in [4.78, 5) is 33.5. The monoisotopic (exact) mass is 474 g/mol. The summed E-state index contributed by atoms with van der Waals surface area (Å²) >= 11 is 0. The number of ether oxygens (including phenoxy) is 1. The first kappa shape index (κ1) is 22.4. The molecule has 0 atom stereocenters. The minimum atomic E-state index is -0.511. The zero-order chi connectivity index (χ0) is 24.2. The van der Waals surface area contributed by atoms with E-state index in [1.165, 1.54) is 18.4 Å². The fraction of sp³-hybridized carbons (Fsp3) is 0.192. The van der Waals surface area contributed by atoms with Crippen molar-refractivity contribution in [3.63, 3.8) is 0 Å². The maximum Gasteiger partial charge on any atom is 0.289 e. The summed E-state index contributed by atoms with van der Waals surface area (Å²) in [6.07, 6.45) is 1.49. The fourth-order valence-electron chi connectivity index (χ4n) is 3.99. The van der Waals surface area contributed by atoms with E-state index < -0.39 is 11.7 Å². The van der Waals surface area contributed by atoms with Crippen molar-refractivity contribution in [1.82, 2.24) is 9.88 Å². The van der Waals surface area contributed by atoms with Crippen LogP contribution in [0.5, 0.6) is 5.75 Å². The van der Waals surface area contributed by atoms with Gasteiger partial charge in [0, 0.05) is 31.6 Å². The highest BCUT2D eigenvalue weighted by Crippen LogP contribution is 2.27. The number of hydrogen-bond acceptors (Lipinski definition) is 6. The van der Waals surface area contributed by atoms with Crippen LogP contribution in [0.1, 0.15) is 10.6 Å². The number of aromatic nitrogens is 1. The van der Waals surface area contributed by atoms with Crippen molar-refractivity contribution >= 4 is 34.2 Å². The molecule has 8 nitrogen and oxygen atoms in total. The zero-order valence-electron chi connectivity index (χ0n) is 18.8. The molecule has 0 bridgehead atoms. The normalized spacial score (nSPS) is 13.6. The van der Waals surface area contributed by atoms with E-state index in [1.54, 1.807) is 35.2 Å². The van der Waals surface area contributed by atoms with Gasteiger partial charge >= 0.3 is 0 Å². The predicted molar refractivity (Wildman–Crippen MR) is 129 cm³/mol. The number of benzene rings is 2. The van der Waals surface area contributed by atoms with Gasteiger partial charge in [0.05, 0.1) is 12.0 Å². The van der Waals surface area contributed by atoms with Crippen LogP contribution in [-0.2, 0) is 4.79 Å². The van der Waals surface area contributed by atoms with Crippen LogP contribution < -0.4 is 15.0 Å². The van der Waals surface area contributed by atoms with Gasteiger partial charge < -0.3 is 24.3 Å². The number of carbonyl (C=O) groups excluding carboxylic acids is 2. The number of nitrogens with one attached hydrogen (secondary N) is 1. The molecule has 2 aromatic heterocycles. The summed E-state index contributed by atoms with van der Waals surface area (Å²) in [6.45, 7) is 2.06. The number of fused-ring (bicyclic) bond motifs is 1. The molecule has 4 aromatic rings. The van der Waals surface area contributed by atoms with Crippen LogP contribution >= 0.6 is 0 Å². The van der Waals surface area contributed by atoms with E-state index in [-0.39, 0.29) is 18.2 Å². The maximum atomic E-state index is 13.8. The molecule has 9 heteroatoms. The quantitative estimate of drug-likeness (QED) is 0.455. The number of rotatable bonds is 6. The van der Waals surface area contributed by atoms with Crippen molar-refractivity contribution in [2.24, 2.45) is 0 Å². The van der Waals surface area contributed by atoms with E-state index in [1.807, 2.05) is 24.3 Å². The second kappa shape index (κ2) is 9.84. The first-order chi connectivity index (χ1) is 17.1. The van der Waals surface area contributed by atoms with Gasteiger partial charge in [-0.2, -0.15) is 0 Å². The molecule has 2 amide bonds. The van der Waals surface area contributed by atoms with Crippen molar-refractivity contribution < 1.29 is 23.1 Å². The number of pyridine rings is 1. The molecule has 1 fully saturated rings. The summed E-state index contributed by atoms with van der Waals surface area (Å²) in [5, 5.41) is 3.38. The van der Waals surface area contributed by atoms with E-state index in [0.717, 1.165) is 11.2 Å². The Labute approximate surface area is 200 Å². The summed E-state index contributed by atoms with van der Waals surface area (Å²) < 4.78 is 24.8. The first-order valence-electron chi connectivity index (χ1n) is 11.2. The summed E-state index contributed by atoms with van der Waals surface area (Å²) in [7, 11) is 0. The minimum absolute atomic E-state index is 0.101. The summed E-state index contributed by atoms with van der Waals surface area (Å²) in [5.74, 6) is 0.451. The second-order valence-corrected chi connectivity index (χ2v) is 8.07. The number of furan rings is 1. The summed E-state index contributed by atoms with van der Waals surface area (Å²) in [6, 6.07) is 18.7. The molecular weight excluding hydrogens is 451 g/mol. The smallest absolute Gasteiger partial charge is 0.289 e. The molecule has 2 aromatic carbocycles. The Morgan fingerprint density at radius 1 is 0.971 bits per heavy atom. The van der Waals surface area contributed by atoms with Gasteiger partial charge in [-0.3, -0.25) is 9.59 Å². The van der Waals surface area contributed by atoms with Crippen molar-refractivity contribution in [3.8, 4) is 5.75 Å². The van der Waals surface area contributed by atoms with E-state index in [9.17, 15) is 14.0 Å². The highest BCUT2D eigenvalue weighted by molar-refractivity contribution is 5.93. The Hall–Kier alpha value is -4.40. The molecule has 1 aliphatic rings. The SMILES string of the molecule is O=C(COc1cccc2ccc(N3CCN(C(=O)c4ccco4)CC3)nc12)Nc1ccccc1F. The fourth-order valence-corrected chi connectivity index (χ4v) is 3.99. The van der Waals surface area contributed by atoms with Gasteiger partial charge in [-0.05, 0) is 42.5 Å². The molecule has 3 heterocycles. The number of nitrogens with zero attached hydrogens (tertiary/aromatic N) is 3. The Balaban J connectivity index is 1.26. The standard InChI is InChI=1S/C26H23FN4O4/c27-19-6-1-2-7-20(19)28-24(32)17-35-21-8-3-5-18-10-11-23(29-25(18)21)30-12-14-31(15-13-30)26(33)22-9-4-16-34-22/h1-11,16H,12-15,17H2,(H,28,32). The van der Waals surface area contributed by atoms with Gasteiger partial charge in [0.25, 0.3) is 11.8 Å². The third kappa shape index (κ3) is 4.93. The lowest BCUT2D eigenvalue weighted by Crippen LogP contribution is -2.49. The third-order valence-electron chi connectivity index (χ3n) is 5.80. The second-order valence-electron chi connectivity index (χ2n) is 8.07. The maximum absolute atomic E-state index is 13.8. The Morgan fingerprint density at radius 3 is 2.57 bits per heavy atom. The molecule has 178 valence electrons. The lowest BCUT2D eigenvalue weighted by atomic mass is 10.2. The van der Waals surface area contributed by atoms with Crippen LogP contribution in [0.4, 0.5) is 15.9 Å². The molecule has 0 aliphatic carbocycles. The summed E-state index contributed by atoms with van der Waals surface area (Å²) in [5.41, 5.74) is 0.724. The first-order valence-corrected chi connectivity index (χ1v) is 11.2. The number of piperazine rings is 1. The zero-order valence-corrected chi connectivity index (χ0v) is 18.8. The van der Waals surface area contributed by atoms with Gasteiger partial charge in [-0.15, -0.1) is 0 Å². The lowest BCUT2D eigenvalue weighted by Gasteiger charge is -2.35. The Morgan fingerprint density at radius 2 is 1.80 bits per heavy atom. The average molecular weight is 474 g/mol. The van der Waals surface area contributed by atoms with Gasteiger partial charge in [0.1, 0.15) is 22.9 Å². The lowest BCUT2D eigenvalue weighted by molar-refractivity contribution is -0.118. The van der Waals surface area contributed by atoms with Crippen LogP contribution in [0.25, 0.3) is 10.9 Å². The van der Waals surface area contributed by atoms with Gasteiger partial charge in [-0.1, -0.05) is 24.3 Å². The minimum Gasteiger partial charge on any atom is -0.481 e. The van der Waals surface area contributed by atoms with Crippen molar-refractivity contribution in [1.29, 1.82) is 0 Å². The topological polar surface area (TPSA) is 87.9 Å². The number of halogens is 1. The number of carbonyl (C=O) groups is 2. The van der Waals surface area contributed by atoms with Crippen LogP contribution in [0.3, 0.4) is 0 Å². The molecule has 1 N–H and O–H groups in total. The predicted octanol–water partition coefficient (Wildman–Crippen LogP) is 3.95. The number of hydrogen-bond donors (Lipinski definition) is 1. The molecule has 0 radical (unpaired) electrons. The third-order valence-corrected chi connectivity index (χ3v) is 5.80. The molecule has 1 aliphatic heterocycles. The van der Waals surface area contributed by atoms with Crippen molar-refractivity contribution in [2.45, 2.75) is 0 Å². The van der Waals surface area contributed by atoms with E-state index in [0.29, 0.717) is 43.2 Å². The van der Waals surface area contributed by atoms with Crippen LogP contribution in [0.15, 0.2) is 77.4 Å². The van der Waals surface area contributed by atoms with E-state index in [4.69, 9.17) is 14.1 Å². The largest absolute Gasteiger partial charge is 0.481 e. The molecule has 35 heavy (non-hydrogen) atoms. The Kier molecular flexibility index (Phi) is 6.30. The van der Waals surface area contributed by atoms with Gasteiger partial charge in [0.2, 0.25) is 0 Å². The van der Waals surface area contributed by atoms with Crippen molar-refractivity contribution in [2.75, 3.05) is 43.0 Å². The highest BCUT2D eigenvalue weighted by atomic mass is 19.1. The molecule has 0 saturated carbocycles. The molecule has 1 saturated heterocycles. The van der Waals surface area contributed by atoms with Crippen LogP contribution in [0.2, 0.25) is 0 Å². The van der Waals surface area contributed by atoms with E-state index >= 15 is 0 Å². The number of anilines is 2. The molecule has 0 spiro atoms. The van der Waals surface area contributed by atoms with Gasteiger partial charge in [0.15, 0.2) is 12.4 Å². The van der Waals surface area contributed by atoms with Crippen molar-refractivity contribution in [3.05, 3.63) is 84.6 Å². The van der Waals surface area contributed by atoms with Crippen LogP contribution in [-0.4, -0.2) is 54.5 Å². The van der Waals surface area contributed by atoms with E-state index in [2.05, 4.69) is 10.2 Å². The van der Waals surface area contributed by atoms with Gasteiger partial charge in [-0.25, -0.2) is 9.37 Å². The molecule has 5 rings (SSSR count). The van der Waals surface area contributed by atoms with Crippen LogP contribution in [0, 0.1) is 5.82 Å². The molecule has 0 unspecified atom stereocenters. The Bertz CT molecular complexity index is 1350. The average Bonchev–Trinajstić information content (AvgIpc) is 3.43. The molecular formula is C26H23FN4O4. The number of para-hydroxylation sites is 2.